The Morgan fingerprint density at radius 3 is 2.75 bits per heavy atom. The second-order valence-electron chi connectivity index (χ2n) is 4.98. The number of aromatic amines is 1. The normalized spacial score (nSPS) is 10.9. The van der Waals surface area contributed by atoms with Gasteiger partial charge in [-0.1, -0.05) is 12.1 Å². The Hall–Kier alpha value is -2.26. The summed E-state index contributed by atoms with van der Waals surface area (Å²) < 4.78 is 5.92. The van der Waals surface area contributed by atoms with E-state index in [1.54, 1.807) is 0 Å². The van der Waals surface area contributed by atoms with Crippen molar-refractivity contribution >= 4 is 10.9 Å². The summed E-state index contributed by atoms with van der Waals surface area (Å²) in [6, 6.07) is 14.1. The van der Waals surface area contributed by atoms with E-state index in [1.165, 1.54) is 16.5 Å². The Labute approximate surface area is 118 Å². The Balaban J connectivity index is 1.93. The fourth-order valence-electron chi connectivity index (χ4n) is 2.40. The van der Waals surface area contributed by atoms with E-state index in [1.807, 2.05) is 36.5 Å². The van der Waals surface area contributed by atoms with Gasteiger partial charge in [0.2, 0.25) is 0 Å². The van der Waals surface area contributed by atoms with Crippen molar-refractivity contribution in [1.82, 2.24) is 4.98 Å². The molecular weight excluding hydrogens is 248 g/mol. The topological polar surface area (TPSA) is 51.0 Å². The smallest absolute Gasteiger partial charge is 0.128 e. The molecule has 0 aliphatic rings. The van der Waals surface area contributed by atoms with Crippen LogP contribution < -0.4 is 10.5 Å². The molecule has 1 aromatic heterocycles. The maximum atomic E-state index is 5.92. The highest BCUT2D eigenvalue weighted by Crippen LogP contribution is 2.27. The lowest BCUT2D eigenvalue weighted by Gasteiger charge is -2.07. The number of fused-ring (bicyclic) bond motifs is 1. The monoisotopic (exact) mass is 266 g/mol. The summed E-state index contributed by atoms with van der Waals surface area (Å²) >= 11 is 0. The van der Waals surface area contributed by atoms with Crippen molar-refractivity contribution in [2.24, 2.45) is 5.73 Å². The van der Waals surface area contributed by atoms with E-state index in [2.05, 4.69) is 24.0 Å². The summed E-state index contributed by atoms with van der Waals surface area (Å²) in [5.41, 5.74) is 9.18. The van der Waals surface area contributed by atoms with E-state index in [0.29, 0.717) is 6.54 Å². The van der Waals surface area contributed by atoms with Gasteiger partial charge >= 0.3 is 0 Å². The first-order valence-electron chi connectivity index (χ1n) is 6.81. The summed E-state index contributed by atoms with van der Waals surface area (Å²) in [5, 5.41) is 1.18. The van der Waals surface area contributed by atoms with Gasteiger partial charge in [-0.25, -0.2) is 0 Å². The summed E-state index contributed by atoms with van der Waals surface area (Å²) in [6.07, 6.45) is 2.89. The molecule has 0 unspecified atom stereocenters. The predicted molar refractivity (Wildman–Crippen MR) is 82.3 cm³/mol. The molecule has 0 radical (unpaired) electrons. The molecule has 0 amide bonds. The fourth-order valence-corrected chi connectivity index (χ4v) is 2.40. The van der Waals surface area contributed by atoms with Crippen molar-refractivity contribution in [3.63, 3.8) is 0 Å². The maximum absolute atomic E-state index is 5.92. The van der Waals surface area contributed by atoms with E-state index < -0.39 is 0 Å². The van der Waals surface area contributed by atoms with Gasteiger partial charge in [-0.2, -0.15) is 0 Å². The van der Waals surface area contributed by atoms with Crippen molar-refractivity contribution in [3.05, 3.63) is 59.8 Å². The van der Waals surface area contributed by atoms with Gasteiger partial charge in [0.1, 0.15) is 11.5 Å². The van der Waals surface area contributed by atoms with Crippen LogP contribution in [0, 0.1) is 6.92 Å². The van der Waals surface area contributed by atoms with Gasteiger partial charge in [0.25, 0.3) is 0 Å². The molecule has 0 fully saturated rings. The highest BCUT2D eigenvalue weighted by atomic mass is 16.5. The van der Waals surface area contributed by atoms with Crippen LogP contribution in [0.25, 0.3) is 10.9 Å². The number of H-pyrrole nitrogens is 1. The summed E-state index contributed by atoms with van der Waals surface area (Å²) in [5.74, 6) is 1.71. The van der Waals surface area contributed by atoms with Crippen LogP contribution in [0.15, 0.2) is 48.7 Å². The molecule has 0 aliphatic carbocycles. The number of benzene rings is 2. The molecular formula is C17H18N2O. The zero-order valence-corrected chi connectivity index (χ0v) is 11.5. The standard InChI is InChI=1S/C17H18N2O/c1-12-3-2-4-14(9-12)20-15-5-6-17-16(10-15)13(7-8-18)11-19-17/h2-6,9-11,19H,7-8,18H2,1H3. The largest absolute Gasteiger partial charge is 0.457 e. The molecule has 0 bridgehead atoms. The van der Waals surface area contributed by atoms with E-state index in [4.69, 9.17) is 10.5 Å². The Kier molecular flexibility index (Phi) is 3.44. The third-order valence-electron chi connectivity index (χ3n) is 3.38. The average molecular weight is 266 g/mol. The van der Waals surface area contributed by atoms with Crippen LogP contribution in [0.2, 0.25) is 0 Å². The van der Waals surface area contributed by atoms with E-state index >= 15 is 0 Å². The first kappa shape index (κ1) is 12.8. The SMILES string of the molecule is Cc1cccc(Oc2ccc3[nH]cc(CCN)c3c2)c1. The lowest BCUT2D eigenvalue weighted by molar-refractivity contribution is 0.483. The molecule has 0 aliphatic heterocycles. The van der Waals surface area contributed by atoms with Crippen molar-refractivity contribution in [2.75, 3.05) is 6.54 Å². The number of nitrogens with one attached hydrogen (secondary N) is 1. The lowest BCUT2D eigenvalue weighted by atomic mass is 10.1. The van der Waals surface area contributed by atoms with Crippen LogP contribution in [0.3, 0.4) is 0 Å². The third kappa shape index (κ3) is 2.53. The molecule has 20 heavy (non-hydrogen) atoms. The number of hydrogen-bond donors (Lipinski definition) is 2. The Morgan fingerprint density at radius 1 is 1.10 bits per heavy atom. The highest BCUT2D eigenvalue weighted by Gasteiger charge is 2.05. The fraction of sp³-hybridized carbons (Fsp3) is 0.176. The second kappa shape index (κ2) is 5.39. The van der Waals surface area contributed by atoms with Gasteiger partial charge in [0.15, 0.2) is 0 Å². The minimum Gasteiger partial charge on any atom is -0.457 e. The molecule has 3 rings (SSSR count). The minimum absolute atomic E-state index is 0.649. The lowest BCUT2D eigenvalue weighted by Crippen LogP contribution is -2.01. The molecule has 3 N–H and O–H groups in total. The molecule has 3 heteroatoms. The molecule has 0 saturated carbocycles. The van der Waals surface area contributed by atoms with Crippen LogP contribution in [-0.4, -0.2) is 11.5 Å². The van der Waals surface area contributed by atoms with Gasteiger partial charge in [-0.15, -0.1) is 0 Å². The molecule has 102 valence electrons. The van der Waals surface area contributed by atoms with Crippen LogP contribution in [0.1, 0.15) is 11.1 Å². The molecule has 3 nitrogen and oxygen atoms in total. The first-order chi connectivity index (χ1) is 9.76. The van der Waals surface area contributed by atoms with Gasteiger partial charge < -0.3 is 15.5 Å². The second-order valence-corrected chi connectivity index (χ2v) is 4.98. The zero-order valence-electron chi connectivity index (χ0n) is 11.5. The minimum atomic E-state index is 0.649. The zero-order chi connectivity index (χ0) is 13.9. The number of rotatable bonds is 4. The first-order valence-corrected chi connectivity index (χ1v) is 6.81. The van der Waals surface area contributed by atoms with Crippen LogP contribution in [0.4, 0.5) is 0 Å². The number of aryl methyl sites for hydroxylation is 1. The molecule has 3 aromatic rings. The summed E-state index contributed by atoms with van der Waals surface area (Å²) in [7, 11) is 0. The van der Waals surface area contributed by atoms with Crippen molar-refractivity contribution in [3.8, 4) is 11.5 Å². The Morgan fingerprint density at radius 2 is 1.95 bits per heavy atom. The van der Waals surface area contributed by atoms with Gasteiger partial charge in [-0.05, 0) is 61.3 Å². The third-order valence-corrected chi connectivity index (χ3v) is 3.38. The van der Waals surface area contributed by atoms with Crippen LogP contribution >= 0.6 is 0 Å². The van der Waals surface area contributed by atoms with Crippen molar-refractivity contribution in [1.29, 1.82) is 0 Å². The van der Waals surface area contributed by atoms with Crippen LogP contribution in [0.5, 0.6) is 11.5 Å². The predicted octanol–water partition coefficient (Wildman–Crippen LogP) is 3.77. The number of hydrogen-bond acceptors (Lipinski definition) is 2. The van der Waals surface area contributed by atoms with Gasteiger partial charge in [-0.3, -0.25) is 0 Å². The molecule has 1 heterocycles. The quantitative estimate of drug-likeness (QED) is 0.755. The van der Waals surface area contributed by atoms with E-state index in [-0.39, 0.29) is 0 Å². The maximum Gasteiger partial charge on any atom is 0.128 e. The highest BCUT2D eigenvalue weighted by molar-refractivity contribution is 5.84. The van der Waals surface area contributed by atoms with E-state index in [0.717, 1.165) is 23.4 Å². The molecule has 0 atom stereocenters. The van der Waals surface area contributed by atoms with Crippen LogP contribution in [-0.2, 0) is 6.42 Å². The number of aromatic nitrogens is 1. The number of nitrogens with two attached hydrogens (primary N) is 1. The molecule has 2 aromatic carbocycles. The Bertz CT molecular complexity index is 731. The van der Waals surface area contributed by atoms with E-state index in [9.17, 15) is 0 Å². The van der Waals surface area contributed by atoms with Gasteiger partial charge in [0, 0.05) is 17.1 Å². The summed E-state index contributed by atoms with van der Waals surface area (Å²) in [6.45, 7) is 2.71. The summed E-state index contributed by atoms with van der Waals surface area (Å²) in [4.78, 5) is 3.26. The van der Waals surface area contributed by atoms with Crippen molar-refractivity contribution < 1.29 is 4.74 Å². The van der Waals surface area contributed by atoms with Gasteiger partial charge in [0.05, 0.1) is 0 Å². The average Bonchev–Trinajstić information content (AvgIpc) is 2.82. The molecule has 0 spiro atoms. The molecule has 0 saturated heterocycles. The van der Waals surface area contributed by atoms with Crippen molar-refractivity contribution in [2.45, 2.75) is 13.3 Å². The number of ether oxygens (including phenoxy) is 1.